The molecule has 0 radical (unpaired) electrons. The number of aromatic amines is 1. The number of hydrogen-bond acceptors (Lipinski definition) is 6. The minimum atomic E-state index is -2.82. The third kappa shape index (κ3) is 4.48. The first-order valence-corrected chi connectivity index (χ1v) is 16.4. The molecule has 0 saturated carbocycles. The van der Waals surface area contributed by atoms with Crippen molar-refractivity contribution in [2.24, 2.45) is 0 Å². The van der Waals surface area contributed by atoms with Crippen molar-refractivity contribution in [2.45, 2.75) is 110 Å². The molecule has 2 saturated heterocycles. The van der Waals surface area contributed by atoms with Crippen molar-refractivity contribution in [3.63, 3.8) is 0 Å². The zero-order valence-corrected chi connectivity index (χ0v) is 24.3. The van der Waals surface area contributed by atoms with E-state index < -0.39 is 40.7 Å². The fourth-order valence-corrected chi connectivity index (χ4v) is 16.5. The van der Waals surface area contributed by atoms with Gasteiger partial charge in [-0.05, 0) is 36.0 Å². The van der Waals surface area contributed by atoms with E-state index in [9.17, 15) is 9.59 Å². The number of hydrogen-bond donors (Lipinski definition) is 1. The monoisotopic (exact) mass is 510 g/mol. The Kier molecular flexibility index (Phi) is 8.01. The van der Waals surface area contributed by atoms with E-state index in [1.165, 1.54) is 4.57 Å². The largest absolute Gasteiger partial charge is 0.414 e. The summed E-state index contributed by atoms with van der Waals surface area (Å²) in [6.45, 7) is 21.4. The van der Waals surface area contributed by atoms with Gasteiger partial charge in [0.25, 0.3) is 5.56 Å². The van der Waals surface area contributed by atoms with Crippen LogP contribution in [-0.2, 0) is 17.7 Å². The summed E-state index contributed by atoms with van der Waals surface area (Å²) in [5.41, 5.74) is 1.25. The van der Waals surface area contributed by atoms with Crippen LogP contribution in [0.5, 0.6) is 0 Å². The van der Waals surface area contributed by atoms with Gasteiger partial charge in [-0.1, -0.05) is 61.5 Å². The maximum atomic E-state index is 12.7. The van der Waals surface area contributed by atoms with Crippen LogP contribution in [0.3, 0.4) is 0 Å². The number of H-pyrrole nitrogens is 1. The lowest BCUT2D eigenvalue weighted by atomic mass is 10.1. The second-order valence-corrected chi connectivity index (χ2v) is 19.7. The molecule has 34 heavy (non-hydrogen) atoms. The molecule has 2 fully saturated rings. The number of nitrogens with one attached hydrogen (secondary N) is 1. The molecule has 0 spiro atoms. The highest BCUT2D eigenvalue weighted by molar-refractivity contribution is 6.84. The first-order valence-electron chi connectivity index (χ1n) is 12.5. The van der Waals surface area contributed by atoms with Crippen molar-refractivity contribution >= 4 is 17.1 Å². The maximum absolute atomic E-state index is 12.7. The van der Waals surface area contributed by atoms with Crippen molar-refractivity contribution in [1.29, 1.82) is 0 Å². The normalized spacial score (nSPS) is 28.1. The third-order valence-electron chi connectivity index (χ3n) is 7.31. The molecular formula is C24H42N2O6Si2. The van der Waals surface area contributed by atoms with Gasteiger partial charge in [0.15, 0.2) is 6.23 Å². The summed E-state index contributed by atoms with van der Waals surface area (Å²) in [6, 6.07) is 0. The summed E-state index contributed by atoms with van der Waals surface area (Å²) >= 11 is 0. The van der Waals surface area contributed by atoms with Crippen molar-refractivity contribution in [1.82, 2.24) is 9.55 Å². The average Bonchev–Trinajstić information content (AvgIpc) is 3.06. The molecule has 0 aliphatic carbocycles. The van der Waals surface area contributed by atoms with Crippen LogP contribution in [0.25, 0.3) is 0 Å². The Morgan fingerprint density at radius 3 is 2.06 bits per heavy atom. The van der Waals surface area contributed by atoms with E-state index in [0.29, 0.717) is 12.2 Å². The molecule has 1 aromatic rings. The SMILES string of the molecule is C/C=C1\[C@H](n2cc(C)c(=O)[nH]c2=O)O[C@H]2CO[Si](C(C)C)(C(C)C)O[Si](C(C)C)(C(C)C)O[C@@H]12. The second kappa shape index (κ2) is 9.98. The number of aryl methyl sites for hydroxylation is 1. The van der Waals surface area contributed by atoms with Crippen LogP contribution in [0.2, 0.25) is 22.2 Å². The number of allylic oxidation sites excluding steroid dienone is 1. The minimum absolute atomic E-state index is 0.189. The highest BCUT2D eigenvalue weighted by Crippen LogP contribution is 2.49. The fourth-order valence-electron chi connectivity index (χ4n) is 5.36. The zero-order chi connectivity index (χ0) is 25.6. The van der Waals surface area contributed by atoms with Crippen LogP contribution in [0.15, 0.2) is 27.4 Å². The molecule has 192 valence electrons. The number of ether oxygens (including phenoxy) is 1. The van der Waals surface area contributed by atoms with E-state index in [1.807, 2.05) is 13.0 Å². The minimum Gasteiger partial charge on any atom is -0.414 e. The van der Waals surface area contributed by atoms with Crippen LogP contribution < -0.4 is 11.2 Å². The molecule has 2 aliphatic heterocycles. The van der Waals surface area contributed by atoms with Crippen molar-refractivity contribution < 1.29 is 17.7 Å². The highest BCUT2D eigenvalue weighted by atomic mass is 28.5. The molecule has 10 heteroatoms. The number of rotatable bonds is 5. The Balaban J connectivity index is 2.16. The Morgan fingerprint density at radius 2 is 1.56 bits per heavy atom. The van der Waals surface area contributed by atoms with Gasteiger partial charge in [0, 0.05) is 17.3 Å². The molecule has 3 heterocycles. The van der Waals surface area contributed by atoms with Gasteiger partial charge in [0.2, 0.25) is 0 Å². The van der Waals surface area contributed by atoms with Gasteiger partial charge in [-0.3, -0.25) is 14.3 Å². The molecule has 0 aromatic carbocycles. The van der Waals surface area contributed by atoms with E-state index in [2.05, 4.69) is 60.4 Å². The summed E-state index contributed by atoms with van der Waals surface area (Å²) < 4.78 is 29.1. The molecule has 3 rings (SSSR count). The molecule has 8 nitrogen and oxygen atoms in total. The van der Waals surface area contributed by atoms with Crippen LogP contribution >= 0.6 is 0 Å². The molecule has 3 atom stereocenters. The van der Waals surface area contributed by atoms with E-state index in [-0.39, 0.29) is 28.3 Å². The van der Waals surface area contributed by atoms with Crippen LogP contribution in [-0.4, -0.2) is 45.5 Å². The zero-order valence-electron chi connectivity index (χ0n) is 22.3. The van der Waals surface area contributed by atoms with Crippen LogP contribution in [0.1, 0.15) is 74.1 Å². The highest BCUT2D eigenvalue weighted by Gasteiger charge is 2.60. The summed E-state index contributed by atoms with van der Waals surface area (Å²) in [7, 11) is -5.50. The first kappa shape index (κ1) is 27.3. The Hall–Kier alpha value is -1.31. The van der Waals surface area contributed by atoms with Crippen molar-refractivity contribution in [3.8, 4) is 0 Å². The molecule has 0 amide bonds. The van der Waals surface area contributed by atoms with Gasteiger partial charge in [0.05, 0.1) is 6.61 Å². The van der Waals surface area contributed by atoms with Crippen LogP contribution in [0.4, 0.5) is 0 Å². The van der Waals surface area contributed by atoms with E-state index >= 15 is 0 Å². The molecular weight excluding hydrogens is 468 g/mol. The van der Waals surface area contributed by atoms with E-state index in [4.69, 9.17) is 17.7 Å². The van der Waals surface area contributed by atoms with Crippen molar-refractivity contribution in [2.75, 3.05) is 6.61 Å². The molecule has 0 unspecified atom stereocenters. The lowest BCUT2D eigenvalue weighted by Gasteiger charge is -2.51. The standard InChI is InChI=1S/C24H42N2O6Si2/c1-11-19-21-20(30-23(19)26-12-18(10)22(27)25-24(26)28)13-29-33(14(2)3,15(4)5)32-34(31-21,16(6)7)17(8)9/h11-12,14-17,20-21,23H,13H2,1-10H3,(H,25,27,28)/b19-11-/t20-,21-,23+/m0/s1. The average molecular weight is 511 g/mol. The lowest BCUT2D eigenvalue weighted by molar-refractivity contribution is -0.0562. The maximum Gasteiger partial charge on any atom is 0.335 e. The summed E-state index contributed by atoms with van der Waals surface area (Å²) in [5, 5.41) is 0. The Morgan fingerprint density at radius 1 is 1.00 bits per heavy atom. The van der Waals surface area contributed by atoms with E-state index in [1.54, 1.807) is 13.1 Å². The van der Waals surface area contributed by atoms with Gasteiger partial charge < -0.3 is 17.7 Å². The second-order valence-electron chi connectivity index (χ2n) is 10.8. The first-order chi connectivity index (χ1) is 15.8. The van der Waals surface area contributed by atoms with Crippen LogP contribution in [0, 0.1) is 6.92 Å². The van der Waals surface area contributed by atoms with Gasteiger partial charge in [-0.15, -0.1) is 0 Å². The van der Waals surface area contributed by atoms with Gasteiger partial charge in [-0.25, -0.2) is 4.79 Å². The Bertz CT molecular complexity index is 1010. The third-order valence-corrected chi connectivity index (χ3v) is 17.5. The topological polar surface area (TPSA) is 91.8 Å². The van der Waals surface area contributed by atoms with Gasteiger partial charge >= 0.3 is 22.8 Å². The molecule has 1 N–H and O–H groups in total. The number of aromatic nitrogens is 2. The van der Waals surface area contributed by atoms with Gasteiger partial charge in [-0.2, -0.15) is 0 Å². The lowest BCUT2D eigenvalue weighted by Crippen LogP contribution is -2.65. The summed E-state index contributed by atoms with van der Waals surface area (Å²) in [6.07, 6.45) is 2.07. The fraction of sp³-hybridized carbons (Fsp3) is 0.750. The summed E-state index contributed by atoms with van der Waals surface area (Å²) in [4.78, 5) is 27.1. The quantitative estimate of drug-likeness (QED) is 0.458. The predicted molar refractivity (Wildman–Crippen MR) is 138 cm³/mol. The smallest absolute Gasteiger partial charge is 0.335 e. The molecule has 1 aromatic heterocycles. The molecule has 0 bridgehead atoms. The van der Waals surface area contributed by atoms with Gasteiger partial charge in [0.1, 0.15) is 12.2 Å². The summed E-state index contributed by atoms with van der Waals surface area (Å²) in [5.74, 6) is 0. The predicted octanol–water partition coefficient (Wildman–Crippen LogP) is 4.65. The number of fused-ring (bicyclic) bond motifs is 1. The number of nitrogens with zero attached hydrogens (tertiary/aromatic N) is 1. The van der Waals surface area contributed by atoms with Crippen molar-refractivity contribution in [3.05, 3.63) is 44.2 Å². The molecule has 2 aliphatic rings. The van der Waals surface area contributed by atoms with E-state index in [0.717, 1.165) is 5.57 Å². The Labute approximate surface area is 205 Å².